The van der Waals surface area contributed by atoms with Crippen LogP contribution in [0.2, 0.25) is 0 Å². The average molecular weight is 1230 g/mol. The molecule has 2 fully saturated rings. The van der Waals surface area contributed by atoms with Crippen LogP contribution in [0, 0.1) is 26.8 Å². The van der Waals surface area contributed by atoms with Crippen molar-refractivity contribution in [2.75, 3.05) is 111 Å². The number of fused-ring (bicyclic) bond motifs is 1. The average Bonchev–Trinajstić information content (AvgIpc) is 4.03. The molecule has 25 heteroatoms. The Morgan fingerprint density at radius 2 is 0.987 bits per heavy atom. The van der Waals surface area contributed by atoms with E-state index in [1.165, 1.54) is 6.07 Å². The molecule has 5 rings (SSSR count). The molecule has 0 saturated carbocycles. The highest BCUT2D eigenvalue weighted by molar-refractivity contribution is 14.1. The van der Waals surface area contributed by atoms with Gasteiger partial charge in [0, 0.05) is 96.4 Å². The van der Waals surface area contributed by atoms with E-state index in [1.807, 2.05) is 23.9 Å². The van der Waals surface area contributed by atoms with Crippen molar-refractivity contribution >= 4 is 70.0 Å². The Bertz CT molecular complexity index is 2370. The second kappa shape index (κ2) is 36.2. The number of rotatable bonds is 39. The Labute approximate surface area is 468 Å². The molecule has 430 valence electrons. The Kier molecular flexibility index (Phi) is 29.5. The van der Waals surface area contributed by atoms with Crippen molar-refractivity contribution in [1.29, 1.82) is 0 Å². The summed E-state index contributed by atoms with van der Waals surface area (Å²) in [7, 11) is 0. The second-order valence-corrected chi connectivity index (χ2v) is 20.4. The van der Waals surface area contributed by atoms with Crippen LogP contribution in [0.4, 0.5) is 22.4 Å². The van der Waals surface area contributed by atoms with E-state index < -0.39 is 52.4 Å². The van der Waals surface area contributed by atoms with Gasteiger partial charge < -0.3 is 65.1 Å². The molecular formula is C53H69F4IN6O13S. The fourth-order valence-corrected chi connectivity index (χ4v) is 9.76. The molecule has 19 nitrogen and oxygen atoms in total. The van der Waals surface area contributed by atoms with Crippen LogP contribution in [0.5, 0.6) is 5.75 Å². The van der Waals surface area contributed by atoms with E-state index in [-0.39, 0.29) is 86.6 Å². The fraction of sp³-hybridized carbons (Fsp3) is 0.547. The molecule has 2 heterocycles. The molecule has 2 aliphatic heterocycles. The third-order valence-corrected chi connectivity index (χ3v) is 14.2. The van der Waals surface area contributed by atoms with E-state index >= 15 is 0 Å². The molecule has 6 amide bonds. The summed E-state index contributed by atoms with van der Waals surface area (Å²) in [6.45, 7) is 5.18. The van der Waals surface area contributed by atoms with E-state index in [2.05, 4.69) is 54.5 Å². The fourth-order valence-electron chi connectivity index (χ4n) is 7.86. The van der Waals surface area contributed by atoms with E-state index in [0.29, 0.717) is 109 Å². The van der Waals surface area contributed by atoms with Crippen LogP contribution in [0.25, 0.3) is 0 Å². The summed E-state index contributed by atoms with van der Waals surface area (Å²) >= 11 is 4.07. The van der Waals surface area contributed by atoms with E-state index in [4.69, 9.17) is 33.2 Å². The van der Waals surface area contributed by atoms with Crippen molar-refractivity contribution in [1.82, 2.24) is 31.9 Å². The maximum Gasteiger partial charge on any atom is 0.343 e. The number of benzene rings is 3. The quantitative estimate of drug-likeness (QED) is 0.00748. The number of hydrogen-bond donors (Lipinski definition) is 6. The molecule has 0 aromatic heterocycles. The minimum atomic E-state index is -1.96. The lowest BCUT2D eigenvalue weighted by Gasteiger charge is -2.16. The van der Waals surface area contributed by atoms with Gasteiger partial charge in [0.05, 0.1) is 70.5 Å². The van der Waals surface area contributed by atoms with Gasteiger partial charge in [-0.25, -0.2) is 18.4 Å². The van der Waals surface area contributed by atoms with Gasteiger partial charge in [-0.1, -0.05) is 12.8 Å². The van der Waals surface area contributed by atoms with Crippen molar-refractivity contribution in [3.8, 4) is 5.75 Å². The van der Waals surface area contributed by atoms with Crippen LogP contribution >= 0.6 is 34.4 Å². The standard InChI is InChI=1S/C53H69F4IN6O13S/c54-40-33-41(55)46(57)48(45(40)56)77-52(69)38-31-36(30-37(32-38)51(68)62-17-7-21-74-25-29-76-27-23-72-19-5-15-60-49(66)35-10-12-39(58)13-11-35)50(67)61-16-6-20-73-24-28-75-26-22-71-18-4-14-59-44(65)9-3-1-2-8-43-47-42(34-78-43)63-53(70)64-47/h10-13,30-33,42-43,47H,1-9,14-29,34H2,(H,59,65)(H,60,66)(H,61,67)(H,62,68)(H2,63,64,70). The van der Waals surface area contributed by atoms with Crippen molar-refractivity contribution < 1.29 is 79.5 Å². The van der Waals surface area contributed by atoms with Crippen LogP contribution in [0.1, 0.15) is 99.2 Å². The monoisotopic (exact) mass is 1230 g/mol. The van der Waals surface area contributed by atoms with E-state index in [9.17, 15) is 46.3 Å². The van der Waals surface area contributed by atoms with Gasteiger partial charge in [-0.3, -0.25) is 19.2 Å². The smallest absolute Gasteiger partial charge is 0.343 e. The van der Waals surface area contributed by atoms with E-state index in [1.54, 1.807) is 12.1 Å². The van der Waals surface area contributed by atoms with Gasteiger partial charge in [-0.15, -0.1) is 0 Å². The number of halogens is 5. The molecule has 3 aromatic carbocycles. The summed E-state index contributed by atoms with van der Waals surface area (Å²) in [5.41, 5.74) is -0.324. The number of amides is 6. The third-order valence-electron chi connectivity index (χ3n) is 11.9. The zero-order chi connectivity index (χ0) is 55.9. The maximum atomic E-state index is 14.4. The lowest BCUT2D eigenvalue weighted by Crippen LogP contribution is -2.36. The van der Waals surface area contributed by atoms with Crippen LogP contribution in [-0.2, 0) is 33.2 Å². The lowest BCUT2D eigenvalue weighted by molar-refractivity contribution is -0.121. The molecule has 3 unspecified atom stereocenters. The molecule has 3 aromatic rings. The molecule has 0 bridgehead atoms. The molecular weight excluding hydrogens is 1160 g/mol. The summed E-state index contributed by atoms with van der Waals surface area (Å²) in [5.74, 6) is -11.3. The molecule has 0 aliphatic carbocycles. The maximum absolute atomic E-state index is 14.4. The number of carbonyl (C=O) groups excluding carboxylic acids is 6. The molecule has 0 radical (unpaired) electrons. The van der Waals surface area contributed by atoms with Crippen molar-refractivity contribution in [3.63, 3.8) is 0 Å². The minimum Gasteiger partial charge on any atom is -0.416 e. The first kappa shape index (κ1) is 63.7. The van der Waals surface area contributed by atoms with Gasteiger partial charge in [-0.05, 0) is 104 Å². The summed E-state index contributed by atoms with van der Waals surface area (Å²) in [5, 5.41) is 17.4. The highest BCUT2D eigenvalue weighted by Gasteiger charge is 2.42. The molecule has 2 aliphatic rings. The van der Waals surface area contributed by atoms with Gasteiger partial charge in [0.15, 0.2) is 11.6 Å². The predicted octanol–water partition coefficient (Wildman–Crippen LogP) is 5.85. The number of unbranched alkanes of at least 4 members (excludes halogenated alkanes) is 2. The molecule has 6 N–H and O–H groups in total. The molecule has 3 atom stereocenters. The van der Waals surface area contributed by atoms with Crippen LogP contribution in [-0.4, -0.2) is 164 Å². The second-order valence-electron chi connectivity index (χ2n) is 17.9. The normalized spacial score (nSPS) is 15.6. The number of esters is 1. The first-order valence-corrected chi connectivity index (χ1v) is 28.2. The molecule has 78 heavy (non-hydrogen) atoms. The molecule has 2 saturated heterocycles. The predicted molar refractivity (Wildman–Crippen MR) is 289 cm³/mol. The Balaban J connectivity index is 0.894. The summed E-state index contributed by atoms with van der Waals surface area (Å²) < 4.78 is 95.5. The number of hydrogen-bond acceptors (Lipinski definition) is 14. The van der Waals surface area contributed by atoms with Gasteiger partial charge >= 0.3 is 12.0 Å². The minimum absolute atomic E-state index is 0.0213. The number of urea groups is 1. The third kappa shape index (κ3) is 23.3. The van der Waals surface area contributed by atoms with Crippen molar-refractivity contribution in [3.05, 3.63) is 97.6 Å². The number of thioether (sulfide) groups is 1. The highest BCUT2D eigenvalue weighted by atomic mass is 127. The summed E-state index contributed by atoms with van der Waals surface area (Å²) in [6.07, 6.45) is 6.35. The Morgan fingerprint density at radius 3 is 1.49 bits per heavy atom. The molecule has 0 spiro atoms. The van der Waals surface area contributed by atoms with Gasteiger partial charge in [0.1, 0.15) is 0 Å². The Hall–Kier alpha value is -5.16. The van der Waals surface area contributed by atoms with Crippen LogP contribution < -0.4 is 36.6 Å². The summed E-state index contributed by atoms with van der Waals surface area (Å²) in [4.78, 5) is 75.4. The van der Waals surface area contributed by atoms with Crippen LogP contribution in [0.3, 0.4) is 0 Å². The Morgan fingerprint density at radius 1 is 0.538 bits per heavy atom. The van der Waals surface area contributed by atoms with Gasteiger partial charge in [-0.2, -0.15) is 20.5 Å². The highest BCUT2D eigenvalue weighted by Crippen LogP contribution is 2.33. The first-order valence-electron chi connectivity index (χ1n) is 26.0. The van der Waals surface area contributed by atoms with Crippen LogP contribution in [0.15, 0.2) is 48.5 Å². The number of ether oxygens (including phenoxy) is 7. The zero-order valence-corrected chi connectivity index (χ0v) is 46.3. The van der Waals surface area contributed by atoms with Crippen molar-refractivity contribution in [2.45, 2.75) is 75.1 Å². The zero-order valence-electron chi connectivity index (χ0n) is 43.3. The van der Waals surface area contributed by atoms with E-state index in [0.717, 1.165) is 47.1 Å². The topological polar surface area (TPSA) is 239 Å². The first-order chi connectivity index (χ1) is 37.8. The largest absolute Gasteiger partial charge is 0.416 e. The lowest BCUT2D eigenvalue weighted by atomic mass is 10.0. The van der Waals surface area contributed by atoms with Crippen molar-refractivity contribution in [2.24, 2.45) is 0 Å². The summed E-state index contributed by atoms with van der Waals surface area (Å²) in [6, 6.07) is 10.8. The number of carbonyl (C=O) groups is 6. The van der Waals surface area contributed by atoms with Gasteiger partial charge in [0.25, 0.3) is 17.7 Å². The number of nitrogens with one attached hydrogen (secondary N) is 6. The van der Waals surface area contributed by atoms with Gasteiger partial charge in [0.2, 0.25) is 23.3 Å². The SMILES string of the molecule is O=C(CCCCCC1SCC2NC(=O)NC21)NCCCOCCOCCOCCCNC(=O)c1cc(C(=O)NCCCOCCOCCOCCCNC(=O)c2ccc(I)cc2)cc(C(=O)Oc2c(F)c(F)cc(F)c2F)c1.